The first-order valence-corrected chi connectivity index (χ1v) is 8.13. The molecule has 0 amide bonds. The minimum atomic E-state index is 0.449. The fourth-order valence-electron chi connectivity index (χ4n) is 1.93. The Labute approximate surface area is 117 Å². The number of nitrogens with one attached hydrogen (secondary N) is 1. The molecule has 0 spiro atoms. The number of aliphatic imine (C=N–C) groups is 1. The number of likely N-dealkylation sites (N-methyl/N-ethyl adjacent to an activating group) is 1. The number of hydrogen-bond donors (Lipinski definition) is 1. The van der Waals surface area contributed by atoms with Crippen LogP contribution in [0.3, 0.4) is 0 Å². The summed E-state index contributed by atoms with van der Waals surface area (Å²) in [6.45, 7) is 12.1. The van der Waals surface area contributed by atoms with Gasteiger partial charge >= 0.3 is 0 Å². The Morgan fingerprint density at radius 2 is 2.06 bits per heavy atom. The van der Waals surface area contributed by atoms with E-state index in [0.717, 1.165) is 24.8 Å². The summed E-state index contributed by atoms with van der Waals surface area (Å²) in [6, 6.07) is 0.612. The molecule has 0 saturated heterocycles. The fraction of sp³-hybridized carbons (Fsp3) is 0.929. The molecule has 4 heteroatoms. The van der Waals surface area contributed by atoms with Crippen LogP contribution in [0, 0.1) is 5.41 Å². The molecular weight excluding hydrogens is 242 g/mol. The van der Waals surface area contributed by atoms with Crippen molar-refractivity contribution in [1.29, 1.82) is 0 Å². The third kappa shape index (κ3) is 4.47. The summed E-state index contributed by atoms with van der Waals surface area (Å²) in [5.74, 6) is 1.21. The van der Waals surface area contributed by atoms with Crippen molar-refractivity contribution in [2.45, 2.75) is 46.6 Å². The standard InChI is InChI=1S/C14H29N3S/c1-6-14(7-2)10-16-13(18-11-14)15-8-9-17(5)12(3)4/h12H,6-11H2,1-5H3,(H,15,16). The minimum Gasteiger partial charge on any atom is -0.364 e. The highest BCUT2D eigenvalue weighted by atomic mass is 32.2. The fourth-order valence-corrected chi connectivity index (χ4v) is 3.24. The summed E-state index contributed by atoms with van der Waals surface area (Å²) in [4.78, 5) is 7.07. The summed E-state index contributed by atoms with van der Waals surface area (Å²) < 4.78 is 0. The third-order valence-electron chi connectivity index (χ3n) is 4.20. The molecule has 0 aromatic heterocycles. The SMILES string of the molecule is CCC1(CC)CN=C(NCCN(C)C(C)C)SC1. The van der Waals surface area contributed by atoms with E-state index < -0.39 is 0 Å². The predicted octanol–water partition coefficient (Wildman–Crippen LogP) is 2.83. The van der Waals surface area contributed by atoms with Crippen LogP contribution in [0.4, 0.5) is 0 Å². The second kappa shape index (κ2) is 7.39. The van der Waals surface area contributed by atoms with Gasteiger partial charge in [0.15, 0.2) is 5.17 Å². The lowest BCUT2D eigenvalue weighted by Crippen LogP contribution is -2.38. The van der Waals surface area contributed by atoms with E-state index in [1.165, 1.54) is 18.6 Å². The maximum atomic E-state index is 4.72. The van der Waals surface area contributed by atoms with Gasteiger partial charge in [0, 0.05) is 31.4 Å². The molecule has 1 N–H and O–H groups in total. The highest BCUT2D eigenvalue weighted by molar-refractivity contribution is 8.13. The van der Waals surface area contributed by atoms with Crippen LogP contribution < -0.4 is 5.32 Å². The zero-order valence-corrected chi connectivity index (χ0v) is 13.4. The van der Waals surface area contributed by atoms with E-state index in [-0.39, 0.29) is 0 Å². The van der Waals surface area contributed by atoms with Crippen LogP contribution in [0.15, 0.2) is 4.99 Å². The van der Waals surface area contributed by atoms with Crippen molar-refractivity contribution in [3.05, 3.63) is 0 Å². The number of rotatable bonds is 6. The highest BCUT2D eigenvalue weighted by Gasteiger charge is 2.29. The molecule has 0 saturated carbocycles. The molecule has 0 fully saturated rings. The molecular formula is C14H29N3S. The van der Waals surface area contributed by atoms with Crippen molar-refractivity contribution < 1.29 is 0 Å². The summed E-state index contributed by atoms with van der Waals surface area (Å²) in [5, 5.41) is 4.61. The molecule has 1 aliphatic heterocycles. The van der Waals surface area contributed by atoms with Crippen molar-refractivity contribution in [2.75, 3.05) is 32.4 Å². The van der Waals surface area contributed by atoms with Crippen molar-refractivity contribution in [3.63, 3.8) is 0 Å². The first-order chi connectivity index (χ1) is 8.53. The number of nitrogens with zero attached hydrogens (tertiary/aromatic N) is 2. The van der Waals surface area contributed by atoms with Crippen LogP contribution in [0.1, 0.15) is 40.5 Å². The minimum absolute atomic E-state index is 0.449. The zero-order valence-electron chi connectivity index (χ0n) is 12.6. The normalized spacial score (nSPS) is 19.2. The molecule has 0 atom stereocenters. The van der Waals surface area contributed by atoms with E-state index in [4.69, 9.17) is 4.99 Å². The van der Waals surface area contributed by atoms with Crippen LogP contribution in [0.5, 0.6) is 0 Å². The van der Waals surface area contributed by atoms with Gasteiger partial charge in [-0.15, -0.1) is 0 Å². The smallest absolute Gasteiger partial charge is 0.156 e. The average molecular weight is 271 g/mol. The van der Waals surface area contributed by atoms with Gasteiger partial charge in [-0.25, -0.2) is 0 Å². The molecule has 0 aromatic carbocycles. The summed E-state index contributed by atoms with van der Waals surface area (Å²) >= 11 is 1.90. The van der Waals surface area contributed by atoms with Crippen molar-refractivity contribution in [1.82, 2.24) is 10.2 Å². The second-order valence-electron chi connectivity index (χ2n) is 5.62. The molecule has 0 aromatic rings. The van der Waals surface area contributed by atoms with Crippen molar-refractivity contribution in [3.8, 4) is 0 Å². The van der Waals surface area contributed by atoms with E-state index in [1.807, 2.05) is 11.8 Å². The van der Waals surface area contributed by atoms with Crippen LogP contribution >= 0.6 is 11.8 Å². The average Bonchev–Trinajstić information content (AvgIpc) is 2.39. The Morgan fingerprint density at radius 1 is 1.39 bits per heavy atom. The molecule has 0 aliphatic carbocycles. The van der Waals surface area contributed by atoms with Gasteiger partial charge in [0.25, 0.3) is 0 Å². The quantitative estimate of drug-likeness (QED) is 0.805. The number of hydrogen-bond acceptors (Lipinski definition) is 4. The Hall–Kier alpha value is -0.220. The number of amidine groups is 1. The van der Waals surface area contributed by atoms with E-state index in [9.17, 15) is 0 Å². The lowest BCUT2D eigenvalue weighted by Gasteiger charge is -2.33. The maximum Gasteiger partial charge on any atom is 0.156 e. The van der Waals surface area contributed by atoms with Gasteiger partial charge in [-0.1, -0.05) is 25.6 Å². The van der Waals surface area contributed by atoms with E-state index in [0.29, 0.717) is 11.5 Å². The molecule has 0 unspecified atom stereocenters. The Balaban J connectivity index is 2.31. The van der Waals surface area contributed by atoms with Gasteiger partial charge in [-0.2, -0.15) is 0 Å². The first-order valence-electron chi connectivity index (χ1n) is 7.14. The molecule has 1 heterocycles. The lowest BCUT2D eigenvalue weighted by molar-refractivity contribution is 0.278. The molecule has 1 aliphatic rings. The Kier molecular flexibility index (Phi) is 6.50. The summed E-state index contributed by atoms with van der Waals surface area (Å²) in [6.07, 6.45) is 2.48. The van der Waals surface area contributed by atoms with Gasteiger partial charge in [-0.3, -0.25) is 4.99 Å². The van der Waals surface area contributed by atoms with Crippen molar-refractivity contribution >= 4 is 16.9 Å². The largest absolute Gasteiger partial charge is 0.364 e. The highest BCUT2D eigenvalue weighted by Crippen LogP contribution is 2.34. The van der Waals surface area contributed by atoms with Gasteiger partial charge < -0.3 is 10.2 Å². The zero-order chi connectivity index (χ0) is 13.6. The van der Waals surface area contributed by atoms with Gasteiger partial charge in [0.1, 0.15) is 0 Å². The molecule has 0 radical (unpaired) electrons. The first kappa shape index (κ1) is 15.8. The summed E-state index contributed by atoms with van der Waals surface area (Å²) in [7, 11) is 2.17. The Bertz CT molecular complexity index is 272. The van der Waals surface area contributed by atoms with Crippen LogP contribution in [-0.4, -0.2) is 48.5 Å². The van der Waals surface area contributed by atoms with Crippen LogP contribution in [0.25, 0.3) is 0 Å². The maximum absolute atomic E-state index is 4.72. The molecule has 0 bridgehead atoms. The topological polar surface area (TPSA) is 27.6 Å². The van der Waals surface area contributed by atoms with Gasteiger partial charge in [-0.05, 0) is 39.2 Å². The third-order valence-corrected chi connectivity index (χ3v) is 5.50. The molecule has 106 valence electrons. The van der Waals surface area contributed by atoms with Crippen molar-refractivity contribution in [2.24, 2.45) is 10.4 Å². The second-order valence-corrected chi connectivity index (χ2v) is 6.58. The molecule has 3 nitrogen and oxygen atoms in total. The predicted molar refractivity (Wildman–Crippen MR) is 83.5 cm³/mol. The Morgan fingerprint density at radius 3 is 2.50 bits per heavy atom. The number of thioether (sulfide) groups is 1. The monoisotopic (exact) mass is 271 g/mol. The van der Waals surface area contributed by atoms with E-state index >= 15 is 0 Å². The molecule has 1 rings (SSSR count). The van der Waals surface area contributed by atoms with Gasteiger partial charge in [0.2, 0.25) is 0 Å². The summed E-state index contributed by atoms with van der Waals surface area (Å²) in [5.41, 5.74) is 0.449. The lowest BCUT2D eigenvalue weighted by atomic mass is 9.84. The van der Waals surface area contributed by atoms with E-state index in [2.05, 4.69) is 45.0 Å². The van der Waals surface area contributed by atoms with Crippen LogP contribution in [0.2, 0.25) is 0 Å². The van der Waals surface area contributed by atoms with E-state index in [1.54, 1.807) is 0 Å². The van der Waals surface area contributed by atoms with Gasteiger partial charge in [0.05, 0.1) is 0 Å². The van der Waals surface area contributed by atoms with Crippen LogP contribution in [-0.2, 0) is 0 Å². The molecule has 18 heavy (non-hydrogen) atoms.